The molecule has 0 bridgehead atoms. The number of ether oxygens (including phenoxy) is 2. The van der Waals surface area contributed by atoms with E-state index in [9.17, 15) is 22.6 Å². The van der Waals surface area contributed by atoms with Crippen molar-refractivity contribution in [3.05, 3.63) is 64.1 Å². The van der Waals surface area contributed by atoms with Crippen molar-refractivity contribution in [2.75, 3.05) is 19.8 Å². The number of benzene rings is 2. The summed E-state index contributed by atoms with van der Waals surface area (Å²) in [6, 6.07) is 10.7. The Morgan fingerprint density at radius 3 is 2.20 bits per heavy atom. The first kappa shape index (κ1) is 35.7. The highest BCUT2D eigenvalue weighted by Crippen LogP contribution is 2.56. The van der Waals surface area contributed by atoms with E-state index in [1.54, 1.807) is 72.7 Å². The lowest BCUT2D eigenvalue weighted by Crippen LogP contribution is -2.36. The molecule has 244 valence electrons. The molecule has 1 heterocycles. The van der Waals surface area contributed by atoms with Crippen molar-refractivity contribution in [1.82, 2.24) is 0 Å². The maximum absolute atomic E-state index is 14.0. The third-order valence-electron chi connectivity index (χ3n) is 6.32. The molecule has 9 nitrogen and oxygen atoms in total. The smallest absolute Gasteiger partial charge is 0.475 e. The number of hydrogen-bond acceptors (Lipinski definition) is 9. The summed E-state index contributed by atoms with van der Waals surface area (Å²) >= 11 is 0. The van der Waals surface area contributed by atoms with Gasteiger partial charge in [-0.1, -0.05) is 18.2 Å². The average molecular weight is 643 g/mol. The highest BCUT2D eigenvalue weighted by molar-refractivity contribution is 7.48. The summed E-state index contributed by atoms with van der Waals surface area (Å²) in [5.41, 5.74) is -2.01. The Hall–Kier alpha value is -2.79. The van der Waals surface area contributed by atoms with Crippen molar-refractivity contribution in [2.45, 2.75) is 97.1 Å². The fourth-order valence-corrected chi connectivity index (χ4v) is 6.42. The van der Waals surface area contributed by atoms with E-state index in [1.807, 2.05) is 6.07 Å². The SMILES string of the molecule is CC1=NC(CCc2ccc(OCCCc3cccc(N=O)c3)c(C(F)(F)F)c2)(COP(=O)(OC(C)(C)C)OC(C)(C)C)CO1. The van der Waals surface area contributed by atoms with Gasteiger partial charge in [-0.05, 0) is 108 Å². The summed E-state index contributed by atoms with van der Waals surface area (Å²) in [6.07, 6.45) is -3.21. The van der Waals surface area contributed by atoms with Gasteiger partial charge in [0.05, 0.1) is 30.0 Å². The van der Waals surface area contributed by atoms with Gasteiger partial charge in [0.15, 0.2) is 5.90 Å². The predicted octanol–water partition coefficient (Wildman–Crippen LogP) is 8.99. The summed E-state index contributed by atoms with van der Waals surface area (Å²) in [7, 11) is -4.06. The van der Waals surface area contributed by atoms with Gasteiger partial charge >= 0.3 is 14.0 Å². The van der Waals surface area contributed by atoms with E-state index >= 15 is 0 Å². The minimum Gasteiger partial charge on any atom is -0.493 e. The van der Waals surface area contributed by atoms with E-state index in [1.165, 1.54) is 6.07 Å². The Kier molecular flexibility index (Phi) is 11.4. The van der Waals surface area contributed by atoms with Crippen LogP contribution >= 0.6 is 7.82 Å². The summed E-state index contributed by atoms with van der Waals surface area (Å²) < 4.78 is 84.1. The molecule has 0 saturated carbocycles. The van der Waals surface area contributed by atoms with E-state index in [2.05, 4.69) is 10.2 Å². The second-order valence-corrected chi connectivity index (χ2v) is 14.3. The maximum atomic E-state index is 14.0. The van der Waals surface area contributed by atoms with Crippen molar-refractivity contribution in [1.29, 1.82) is 0 Å². The van der Waals surface area contributed by atoms with Gasteiger partial charge in [0.25, 0.3) is 0 Å². The molecular formula is C31H42F3N2O7P. The molecule has 0 N–H and O–H groups in total. The molecule has 0 fully saturated rings. The predicted molar refractivity (Wildman–Crippen MR) is 163 cm³/mol. The van der Waals surface area contributed by atoms with Gasteiger partial charge in [0, 0.05) is 6.92 Å². The van der Waals surface area contributed by atoms with Crippen LogP contribution in [-0.4, -0.2) is 42.5 Å². The number of aliphatic imine (C=N–C) groups is 1. The zero-order valence-electron chi connectivity index (χ0n) is 26.3. The van der Waals surface area contributed by atoms with Gasteiger partial charge in [-0.25, -0.2) is 9.56 Å². The van der Waals surface area contributed by atoms with Crippen LogP contribution in [-0.2, 0) is 41.9 Å². The van der Waals surface area contributed by atoms with Crippen LogP contribution in [0.2, 0.25) is 0 Å². The first-order valence-corrected chi connectivity index (χ1v) is 15.9. The lowest BCUT2D eigenvalue weighted by atomic mass is 9.93. The highest BCUT2D eigenvalue weighted by Gasteiger charge is 2.43. The Labute approximate surface area is 257 Å². The van der Waals surface area contributed by atoms with Gasteiger partial charge in [-0.2, -0.15) is 13.2 Å². The third-order valence-corrected chi connectivity index (χ3v) is 8.31. The Morgan fingerprint density at radius 2 is 1.64 bits per heavy atom. The molecule has 2 aromatic rings. The van der Waals surface area contributed by atoms with E-state index < -0.39 is 36.3 Å². The van der Waals surface area contributed by atoms with Gasteiger partial charge < -0.3 is 9.47 Å². The van der Waals surface area contributed by atoms with Crippen LogP contribution in [0, 0.1) is 4.91 Å². The molecule has 1 unspecified atom stereocenters. The summed E-state index contributed by atoms with van der Waals surface area (Å²) in [5, 5.41) is 2.90. The number of alkyl halides is 3. The number of hydrogen-bond donors (Lipinski definition) is 0. The van der Waals surface area contributed by atoms with Gasteiger partial charge in [-0.15, -0.1) is 4.91 Å². The Bertz CT molecular complexity index is 1350. The van der Waals surface area contributed by atoms with Crippen molar-refractivity contribution < 1.29 is 40.8 Å². The molecule has 44 heavy (non-hydrogen) atoms. The minimum absolute atomic E-state index is 0.0558. The molecular weight excluding hydrogens is 600 g/mol. The molecule has 0 spiro atoms. The van der Waals surface area contributed by atoms with Crippen LogP contribution in [0.25, 0.3) is 0 Å². The molecule has 0 amide bonds. The van der Waals surface area contributed by atoms with Crippen LogP contribution in [0.3, 0.4) is 0 Å². The quantitative estimate of drug-likeness (QED) is 0.115. The number of rotatable bonds is 14. The lowest BCUT2D eigenvalue weighted by molar-refractivity contribution is -0.139. The molecule has 0 radical (unpaired) electrons. The van der Waals surface area contributed by atoms with Crippen LogP contribution < -0.4 is 4.74 Å². The second-order valence-electron chi connectivity index (χ2n) is 12.8. The zero-order chi connectivity index (χ0) is 32.8. The van der Waals surface area contributed by atoms with Gasteiger partial charge in [0.1, 0.15) is 23.6 Å². The minimum atomic E-state index is -4.64. The number of halogens is 3. The highest BCUT2D eigenvalue weighted by atomic mass is 31.2. The summed E-state index contributed by atoms with van der Waals surface area (Å²) in [5.74, 6) is 0.131. The molecule has 13 heteroatoms. The number of phosphoric ester groups is 1. The second kappa shape index (κ2) is 14.1. The molecule has 0 saturated heterocycles. The molecule has 1 aliphatic heterocycles. The Morgan fingerprint density at radius 1 is 0.977 bits per heavy atom. The average Bonchev–Trinajstić information content (AvgIpc) is 3.27. The molecule has 0 aliphatic carbocycles. The maximum Gasteiger partial charge on any atom is 0.475 e. The molecule has 2 aromatic carbocycles. The topological polar surface area (TPSA) is 105 Å². The first-order valence-electron chi connectivity index (χ1n) is 14.4. The summed E-state index contributed by atoms with van der Waals surface area (Å²) in [6.45, 7) is 12.0. The van der Waals surface area contributed by atoms with Crippen molar-refractivity contribution >= 4 is 19.4 Å². The van der Waals surface area contributed by atoms with Crippen molar-refractivity contribution in [3.8, 4) is 5.75 Å². The van der Waals surface area contributed by atoms with Crippen molar-refractivity contribution in [3.63, 3.8) is 0 Å². The largest absolute Gasteiger partial charge is 0.493 e. The van der Waals surface area contributed by atoms with E-state index in [0.717, 1.165) is 11.6 Å². The standard InChI is InChI=1S/C31H42F3N2O7P/c1-22-35-30(20-40-22,21-41-44(38,42-28(2,3)4)43-29(5,6)7)16-15-24-13-14-27(26(19-24)31(32,33)34)39-17-9-11-23-10-8-12-25(18-23)36-37/h8,10,12-14,18-19H,9,11,15-17,20-21H2,1-7H3. The zero-order valence-corrected chi connectivity index (χ0v) is 27.2. The first-order chi connectivity index (χ1) is 20.3. The van der Waals surface area contributed by atoms with E-state index in [0.29, 0.717) is 30.0 Å². The number of aryl methyl sites for hydroxylation is 2. The number of nitroso groups, excluding NO2 is 1. The molecule has 3 rings (SSSR count). The van der Waals surface area contributed by atoms with Crippen LogP contribution in [0.15, 0.2) is 52.6 Å². The number of nitrogens with zero attached hydrogens (tertiary/aromatic N) is 2. The third kappa shape index (κ3) is 11.3. The fraction of sp³-hybridized carbons (Fsp3) is 0.581. The van der Waals surface area contributed by atoms with Crippen LogP contribution in [0.4, 0.5) is 18.9 Å². The van der Waals surface area contributed by atoms with Crippen LogP contribution in [0.5, 0.6) is 5.75 Å². The molecule has 1 aliphatic rings. The van der Waals surface area contributed by atoms with Gasteiger partial charge in [0.2, 0.25) is 0 Å². The van der Waals surface area contributed by atoms with Crippen molar-refractivity contribution in [2.24, 2.45) is 10.2 Å². The Balaban J connectivity index is 1.71. The van der Waals surface area contributed by atoms with E-state index in [-0.39, 0.29) is 38.4 Å². The number of phosphoric acid groups is 1. The molecule has 0 aromatic heterocycles. The normalized spacial score (nSPS) is 17.7. The summed E-state index contributed by atoms with van der Waals surface area (Å²) in [4.78, 5) is 15.3. The molecule has 1 atom stereocenters. The lowest BCUT2D eigenvalue weighted by Gasteiger charge is -2.33. The van der Waals surface area contributed by atoms with Gasteiger partial charge in [-0.3, -0.25) is 13.6 Å². The van der Waals surface area contributed by atoms with E-state index in [4.69, 9.17) is 23.0 Å². The fourth-order valence-electron chi connectivity index (χ4n) is 4.54. The van der Waals surface area contributed by atoms with Crippen LogP contribution in [0.1, 0.15) is 78.0 Å². The monoisotopic (exact) mass is 642 g/mol.